The first-order chi connectivity index (χ1) is 14.3. The zero-order chi connectivity index (χ0) is 22.1. The van der Waals surface area contributed by atoms with E-state index in [0.717, 1.165) is 5.82 Å². The van der Waals surface area contributed by atoms with Crippen LogP contribution in [0.2, 0.25) is 0 Å². The quantitative estimate of drug-likeness (QED) is 0.387. The summed E-state index contributed by atoms with van der Waals surface area (Å²) in [5.74, 6) is 0.532. The van der Waals surface area contributed by atoms with Gasteiger partial charge in [0.2, 0.25) is 0 Å². The number of nitrogens with two attached hydrogens (primary N) is 1. The fourth-order valence-electron chi connectivity index (χ4n) is 2.73. The molecule has 30 heavy (non-hydrogen) atoms. The normalized spacial score (nSPS) is 11.4. The SMILES string of the molecule is CCN(CCN(C)c1cccc(C(C)(C)O)n1)C(=O)c1ncccc1N/N=C\C=[NH2+]. The van der Waals surface area contributed by atoms with Crippen molar-refractivity contribution in [3.8, 4) is 0 Å². The minimum absolute atomic E-state index is 0.195. The molecule has 2 aromatic rings. The number of likely N-dealkylation sites (N-methyl/N-ethyl adjacent to an activating group) is 2. The summed E-state index contributed by atoms with van der Waals surface area (Å²) in [6.07, 6.45) is 4.26. The van der Waals surface area contributed by atoms with Crippen LogP contribution in [-0.2, 0) is 5.60 Å². The van der Waals surface area contributed by atoms with Crippen LogP contribution in [0.4, 0.5) is 11.5 Å². The summed E-state index contributed by atoms with van der Waals surface area (Å²) in [5.41, 5.74) is 3.16. The number of nitrogens with one attached hydrogen (secondary N) is 1. The Labute approximate surface area is 177 Å². The van der Waals surface area contributed by atoms with Gasteiger partial charge in [-0.15, -0.1) is 0 Å². The molecule has 2 heterocycles. The maximum atomic E-state index is 13.0. The topological polar surface area (TPSA) is 120 Å². The first kappa shape index (κ1) is 23.0. The average Bonchev–Trinajstić information content (AvgIpc) is 2.74. The second-order valence-corrected chi connectivity index (χ2v) is 7.23. The fraction of sp³-hybridized carbons (Fsp3) is 0.381. The molecule has 2 aromatic heterocycles. The van der Waals surface area contributed by atoms with Gasteiger partial charge in [-0.3, -0.25) is 15.6 Å². The third kappa shape index (κ3) is 6.08. The highest BCUT2D eigenvalue weighted by Gasteiger charge is 2.21. The highest BCUT2D eigenvalue weighted by Crippen LogP contribution is 2.20. The lowest BCUT2D eigenvalue weighted by atomic mass is 10.1. The van der Waals surface area contributed by atoms with Gasteiger partial charge in [0.15, 0.2) is 11.9 Å². The highest BCUT2D eigenvalue weighted by atomic mass is 16.3. The zero-order valence-corrected chi connectivity index (χ0v) is 17.9. The van der Waals surface area contributed by atoms with E-state index in [-0.39, 0.29) is 5.91 Å². The Morgan fingerprint density at radius 3 is 2.73 bits per heavy atom. The Morgan fingerprint density at radius 2 is 2.07 bits per heavy atom. The minimum Gasteiger partial charge on any atom is -0.384 e. The van der Waals surface area contributed by atoms with Crippen molar-refractivity contribution in [2.45, 2.75) is 26.4 Å². The van der Waals surface area contributed by atoms with Crippen molar-refractivity contribution in [2.75, 3.05) is 37.0 Å². The van der Waals surface area contributed by atoms with Gasteiger partial charge in [-0.05, 0) is 45.0 Å². The van der Waals surface area contributed by atoms with Gasteiger partial charge < -0.3 is 14.9 Å². The van der Waals surface area contributed by atoms with Gasteiger partial charge in [-0.1, -0.05) is 6.07 Å². The van der Waals surface area contributed by atoms with E-state index in [1.807, 2.05) is 31.0 Å². The maximum Gasteiger partial charge on any atom is 0.274 e. The Morgan fingerprint density at radius 1 is 1.30 bits per heavy atom. The Balaban J connectivity index is 2.10. The number of hydrogen-bond donors (Lipinski definition) is 3. The second kappa shape index (κ2) is 10.4. The molecule has 0 saturated carbocycles. The van der Waals surface area contributed by atoms with E-state index in [2.05, 4.69) is 20.5 Å². The average molecular weight is 413 g/mol. The number of aliphatic hydroxyl groups is 1. The summed E-state index contributed by atoms with van der Waals surface area (Å²) in [4.78, 5) is 25.5. The standard InChI is InChI=1S/C21H29N7O2/c1-5-28(20(29)19-16(8-7-12-23-19)26-24-13-11-22)15-14-27(4)18-10-6-9-17(25-18)21(2,3)30/h6-13,22,26,30H,5,14-15H2,1-4H3/p+1/b22-11?,24-13-. The predicted octanol–water partition coefficient (Wildman–Crippen LogP) is 0.530. The first-order valence-corrected chi connectivity index (χ1v) is 9.75. The van der Waals surface area contributed by atoms with Crippen LogP contribution in [0.3, 0.4) is 0 Å². The van der Waals surface area contributed by atoms with Crippen LogP contribution in [-0.4, -0.2) is 65.0 Å². The number of pyridine rings is 2. The number of anilines is 2. The summed E-state index contributed by atoms with van der Waals surface area (Å²) in [7, 11) is 1.90. The van der Waals surface area contributed by atoms with Gasteiger partial charge in [0, 0.05) is 32.9 Å². The molecule has 0 saturated heterocycles. The number of carbonyl (C=O) groups is 1. The lowest BCUT2D eigenvalue weighted by Crippen LogP contribution is -2.38. The molecule has 0 aliphatic heterocycles. The van der Waals surface area contributed by atoms with E-state index in [1.54, 1.807) is 43.1 Å². The van der Waals surface area contributed by atoms with Gasteiger partial charge in [0.25, 0.3) is 5.91 Å². The Kier molecular flexibility index (Phi) is 7.99. The van der Waals surface area contributed by atoms with Gasteiger partial charge in [-0.25, -0.2) is 9.97 Å². The summed E-state index contributed by atoms with van der Waals surface area (Å²) < 4.78 is 0. The van der Waals surface area contributed by atoms with E-state index >= 15 is 0 Å². The van der Waals surface area contributed by atoms with Crippen LogP contribution in [0.1, 0.15) is 37.0 Å². The zero-order valence-electron chi connectivity index (χ0n) is 17.9. The van der Waals surface area contributed by atoms with Crippen LogP contribution in [0, 0.1) is 0 Å². The van der Waals surface area contributed by atoms with Crippen molar-refractivity contribution in [3.63, 3.8) is 0 Å². The van der Waals surface area contributed by atoms with Crippen molar-refractivity contribution in [1.82, 2.24) is 14.9 Å². The molecule has 2 rings (SSSR count). The van der Waals surface area contributed by atoms with E-state index in [4.69, 9.17) is 5.41 Å². The van der Waals surface area contributed by atoms with Crippen molar-refractivity contribution in [3.05, 3.63) is 47.9 Å². The number of carbonyl (C=O) groups excluding carboxylic acids is 1. The van der Waals surface area contributed by atoms with E-state index in [0.29, 0.717) is 36.7 Å². The minimum atomic E-state index is -1.02. The lowest BCUT2D eigenvalue weighted by molar-refractivity contribution is -0.102. The number of hydrogen-bond acceptors (Lipinski definition) is 7. The van der Waals surface area contributed by atoms with Crippen LogP contribution in [0.5, 0.6) is 0 Å². The summed E-state index contributed by atoms with van der Waals surface area (Å²) >= 11 is 0. The molecule has 0 aromatic carbocycles. The van der Waals surface area contributed by atoms with Gasteiger partial charge in [0.05, 0.1) is 11.4 Å². The molecule has 0 bridgehead atoms. The Hall–Kier alpha value is -3.33. The third-order valence-electron chi connectivity index (χ3n) is 4.48. The van der Waals surface area contributed by atoms with Crippen molar-refractivity contribution in [2.24, 2.45) is 5.10 Å². The van der Waals surface area contributed by atoms with Crippen LogP contribution in [0.25, 0.3) is 0 Å². The maximum absolute atomic E-state index is 13.0. The van der Waals surface area contributed by atoms with Crippen LogP contribution < -0.4 is 15.7 Å². The lowest BCUT2D eigenvalue weighted by Gasteiger charge is -2.26. The van der Waals surface area contributed by atoms with Gasteiger partial charge >= 0.3 is 0 Å². The monoisotopic (exact) mass is 412 g/mol. The van der Waals surface area contributed by atoms with Crippen molar-refractivity contribution in [1.29, 1.82) is 0 Å². The predicted molar refractivity (Wildman–Crippen MR) is 119 cm³/mol. The van der Waals surface area contributed by atoms with Crippen LogP contribution in [0.15, 0.2) is 41.6 Å². The molecule has 0 atom stereocenters. The van der Waals surface area contributed by atoms with E-state index in [1.165, 1.54) is 12.4 Å². The highest BCUT2D eigenvalue weighted by molar-refractivity contribution is 6.13. The summed E-state index contributed by atoms with van der Waals surface area (Å²) in [5, 5.41) is 19.4. The molecule has 9 nitrogen and oxygen atoms in total. The molecule has 0 spiro atoms. The molecular weight excluding hydrogens is 382 g/mol. The molecule has 0 aliphatic rings. The van der Waals surface area contributed by atoms with Gasteiger partial charge in [0.1, 0.15) is 17.6 Å². The van der Waals surface area contributed by atoms with Crippen LogP contribution >= 0.6 is 0 Å². The molecular formula is C21H30N7O2+. The fourth-order valence-corrected chi connectivity index (χ4v) is 2.73. The molecule has 0 aliphatic carbocycles. The number of aromatic nitrogens is 2. The number of hydrazone groups is 1. The van der Waals surface area contributed by atoms with Crippen molar-refractivity contribution >= 4 is 29.8 Å². The molecule has 1 amide bonds. The molecule has 9 heteroatoms. The van der Waals surface area contributed by atoms with E-state index in [9.17, 15) is 9.90 Å². The number of amides is 1. The summed E-state index contributed by atoms with van der Waals surface area (Å²) in [6.45, 7) is 6.89. The van der Waals surface area contributed by atoms with Crippen molar-refractivity contribution < 1.29 is 15.3 Å². The number of rotatable bonds is 10. The molecule has 160 valence electrons. The number of nitrogens with zero attached hydrogens (tertiary/aromatic N) is 5. The first-order valence-electron chi connectivity index (χ1n) is 9.75. The molecule has 0 unspecified atom stereocenters. The third-order valence-corrected chi connectivity index (χ3v) is 4.48. The molecule has 0 radical (unpaired) electrons. The largest absolute Gasteiger partial charge is 0.384 e. The molecule has 0 fully saturated rings. The second-order valence-electron chi connectivity index (χ2n) is 7.23. The Bertz CT molecular complexity index is 893. The van der Waals surface area contributed by atoms with Gasteiger partial charge in [-0.2, -0.15) is 5.10 Å². The smallest absolute Gasteiger partial charge is 0.274 e. The summed E-state index contributed by atoms with van der Waals surface area (Å²) in [6, 6.07) is 8.99. The molecule has 4 N–H and O–H groups in total. The van der Waals surface area contributed by atoms with E-state index < -0.39 is 5.60 Å².